The van der Waals surface area contributed by atoms with Gasteiger partial charge in [-0.05, 0) is 31.2 Å². The van der Waals surface area contributed by atoms with E-state index in [0.29, 0.717) is 12.3 Å². The lowest BCUT2D eigenvalue weighted by Gasteiger charge is -2.14. The molecule has 0 saturated carbocycles. The van der Waals surface area contributed by atoms with Crippen molar-refractivity contribution in [2.24, 2.45) is 0 Å². The van der Waals surface area contributed by atoms with Crippen LogP contribution in [-0.4, -0.2) is 34.7 Å². The summed E-state index contributed by atoms with van der Waals surface area (Å²) in [6, 6.07) is 7.63. The zero-order valence-corrected chi connectivity index (χ0v) is 17.6. The molecule has 1 amide bonds. The molecule has 0 aliphatic carbocycles. The summed E-state index contributed by atoms with van der Waals surface area (Å²) in [6.45, 7) is 4.11. The molecule has 1 N–H and O–H groups in total. The van der Waals surface area contributed by atoms with Crippen LogP contribution < -0.4 is 15.0 Å². The van der Waals surface area contributed by atoms with Gasteiger partial charge in [0.05, 0.1) is 12.8 Å². The van der Waals surface area contributed by atoms with E-state index in [4.69, 9.17) is 4.74 Å². The summed E-state index contributed by atoms with van der Waals surface area (Å²) < 4.78 is 6.01. The Morgan fingerprint density at radius 3 is 2.74 bits per heavy atom. The maximum atomic E-state index is 11.6. The summed E-state index contributed by atoms with van der Waals surface area (Å²) in [4.78, 5) is 17.8. The van der Waals surface area contributed by atoms with E-state index >= 15 is 0 Å². The van der Waals surface area contributed by atoms with Crippen molar-refractivity contribution in [1.29, 1.82) is 0 Å². The fourth-order valence-corrected chi connectivity index (χ4v) is 4.93. The summed E-state index contributed by atoms with van der Waals surface area (Å²) in [6.07, 6.45) is 0. The van der Waals surface area contributed by atoms with Crippen molar-refractivity contribution in [3.8, 4) is 5.75 Å². The van der Waals surface area contributed by atoms with E-state index in [1.807, 2.05) is 36.6 Å². The van der Waals surface area contributed by atoms with E-state index in [0.717, 1.165) is 31.7 Å². The van der Waals surface area contributed by atoms with Gasteiger partial charge in [-0.2, -0.15) is 0 Å². The minimum atomic E-state index is 0.00410. The van der Waals surface area contributed by atoms with Crippen LogP contribution >= 0.6 is 34.4 Å². The smallest absolute Gasteiger partial charge is 0.225 e. The Balaban J connectivity index is 1.56. The number of nitrogens with one attached hydrogen (secondary N) is 1. The van der Waals surface area contributed by atoms with Crippen LogP contribution in [-0.2, 0) is 10.5 Å². The SMILES string of the molecule is CCN(C(C)=O)c1nc(CSc2nnc(Nc3ccc(OC)cc3)s2)cs1. The van der Waals surface area contributed by atoms with Crippen LogP contribution in [0.4, 0.5) is 16.0 Å². The largest absolute Gasteiger partial charge is 0.497 e. The number of anilines is 3. The molecule has 142 valence electrons. The van der Waals surface area contributed by atoms with E-state index in [-0.39, 0.29) is 5.91 Å². The number of carbonyl (C=O) groups excluding carboxylic acids is 1. The zero-order chi connectivity index (χ0) is 19.2. The summed E-state index contributed by atoms with van der Waals surface area (Å²) in [7, 11) is 1.64. The van der Waals surface area contributed by atoms with E-state index in [1.165, 1.54) is 22.7 Å². The number of ether oxygens (including phenoxy) is 1. The highest BCUT2D eigenvalue weighted by Gasteiger charge is 2.14. The van der Waals surface area contributed by atoms with Gasteiger partial charge < -0.3 is 10.1 Å². The molecule has 7 nitrogen and oxygen atoms in total. The van der Waals surface area contributed by atoms with Gasteiger partial charge in [-0.3, -0.25) is 9.69 Å². The van der Waals surface area contributed by atoms with Crippen LogP contribution in [0.25, 0.3) is 0 Å². The molecule has 0 aliphatic heterocycles. The number of hydrogen-bond donors (Lipinski definition) is 1. The van der Waals surface area contributed by atoms with Crippen LogP contribution in [0, 0.1) is 0 Å². The van der Waals surface area contributed by atoms with Gasteiger partial charge in [0, 0.05) is 30.3 Å². The fourth-order valence-electron chi connectivity index (χ4n) is 2.23. The molecule has 1 aromatic carbocycles. The molecule has 0 radical (unpaired) electrons. The Morgan fingerprint density at radius 2 is 2.07 bits per heavy atom. The quantitative estimate of drug-likeness (QED) is 0.540. The fraction of sp³-hybridized carbons (Fsp3) is 0.294. The Morgan fingerprint density at radius 1 is 1.30 bits per heavy atom. The second-order valence-corrected chi connectivity index (χ2v) is 8.44. The summed E-state index contributed by atoms with van der Waals surface area (Å²) in [5, 5.41) is 15.1. The second-order valence-electron chi connectivity index (χ2n) is 5.40. The van der Waals surface area contributed by atoms with Crippen molar-refractivity contribution in [3.63, 3.8) is 0 Å². The average Bonchev–Trinajstić information content (AvgIpc) is 3.30. The van der Waals surface area contributed by atoms with Gasteiger partial charge in [0.25, 0.3) is 0 Å². The third-order valence-electron chi connectivity index (χ3n) is 3.56. The van der Waals surface area contributed by atoms with Crippen LogP contribution in [0.1, 0.15) is 19.5 Å². The van der Waals surface area contributed by atoms with E-state index in [2.05, 4.69) is 20.5 Å². The lowest BCUT2D eigenvalue weighted by molar-refractivity contribution is -0.116. The van der Waals surface area contributed by atoms with Gasteiger partial charge in [-0.25, -0.2) is 4.98 Å². The molecule has 0 atom stereocenters. The molecule has 0 aliphatic rings. The van der Waals surface area contributed by atoms with E-state index < -0.39 is 0 Å². The molecule has 0 spiro atoms. The number of nitrogens with zero attached hydrogens (tertiary/aromatic N) is 4. The lowest BCUT2D eigenvalue weighted by Crippen LogP contribution is -2.27. The summed E-state index contributed by atoms with van der Waals surface area (Å²) >= 11 is 4.55. The van der Waals surface area contributed by atoms with Crippen molar-refractivity contribution in [2.75, 3.05) is 23.9 Å². The lowest BCUT2D eigenvalue weighted by atomic mass is 10.3. The number of rotatable bonds is 8. The number of methoxy groups -OCH3 is 1. The maximum absolute atomic E-state index is 11.6. The van der Waals surface area contributed by atoms with Crippen LogP contribution in [0.5, 0.6) is 5.75 Å². The molecule has 10 heteroatoms. The number of aromatic nitrogens is 3. The molecule has 3 rings (SSSR count). The maximum Gasteiger partial charge on any atom is 0.225 e. The predicted molar refractivity (Wildman–Crippen MR) is 112 cm³/mol. The normalized spacial score (nSPS) is 10.6. The highest BCUT2D eigenvalue weighted by atomic mass is 32.2. The van der Waals surface area contributed by atoms with Crippen LogP contribution in [0.15, 0.2) is 34.0 Å². The van der Waals surface area contributed by atoms with Gasteiger partial charge in [-0.1, -0.05) is 23.1 Å². The van der Waals surface area contributed by atoms with Crippen molar-refractivity contribution in [1.82, 2.24) is 15.2 Å². The van der Waals surface area contributed by atoms with Gasteiger partial charge in [-0.15, -0.1) is 21.5 Å². The standard InChI is InChI=1S/C17H19N5O2S3/c1-4-22(11(2)23)16-19-13(9-25-16)10-26-17-21-20-15(27-17)18-12-5-7-14(24-3)8-6-12/h5-9H,4,10H2,1-3H3,(H,18,20). The molecule has 0 fully saturated rings. The van der Waals surface area contributed by atoms with Gasteiger partial charge in [0.15, 0.2) is 9.47 Å². The van der Waals surface area contributed by atoms with Crippen LogP contribution in [0.3, 0.4) is 0 Å². The first-order valence-electron chi connectivity index (χ1n) is 8.19. The Hall–Kier alpha value is -2.17. The number of hydrogen-bond acceptors (Lipinski definition) is 9. The van der Waals surface area contributed by atoms with Crippen molar-refractivity contribution < 1.29 is 9.53 Å². The minimum absolute atomic E-state index is 0.00410. The zero-order valence-electron chi connectivity index (χ0n) is 15.1. The highest BCUT2D eigenvalue weighted by molar-refractivity contribution is 8.00. The van der Waals surface area contributed by atoms with E-state index in [1.54, 1.807) is 30.7 Å². The second kappa shape index (κ2) is 9.16. The topological polar surface area (TPSA) is 80.2 Å². The van der Waals surface area contributed by atoms with E-state index in [9.17, 15) is 4.79 Å². The molecular formula is C17H19N5O2S3. The van der Waals surface area contributed by atoms with Gasteiger partial charge in [0.1, 0.15) is 5.75 Å². The number of carbonyl (C=O) groups is 1. The molecule has 27 heavy (non-hydrogen) atoms. The summed E-state index contributed by atoms with van der Waals surface area (Å²) in [5.74, 6) is 1.50. The highest BCUT2D eigenvalue weighted by Crippen LogP contribution is 2.31. The average molecular weight is 422 g/mol. The number of thiazole rings is 1. The van der Waals surface area contributed by atoms with Crippen LogP contribution in [0.2, 0.25) is 0 Å². The molecule has 0 unspecified atom stereocenters. The summed E-state index contributed by atoms with van der Waals surface area (Å²) in [5.41, 5.74) is 1.86. The first-order valence-corrected chi connectivity index (χ1v) is 10.9. The van der Waals surface area contributed by atoms with Crippen molar-refractivity contribution in [3.05, 3.63) is 35.3 Å². The molecule has 2 heterocycles. The first kappa shape index (κ1) is 19.6. The molecule has 3 aromatic rings. The Kier molecular flexibility index (Phi) is 6.64. The molecule has 2 aromatic heterocycles. The third kappa shape index (κ3) is 5.18. The van der Waals surface area contributed by atoms with Crippen molar-refractivity contribution >= 4 is 56.3 Å². The Bertz CT molecular complexity index is 894. The molecular weight excluding hydrogens is 402 g/mol. The van der Waals surface area contributed by atoms with Gasteiger partial charge >= 0.3 is 0 Å². The molecule has 0 bridgehead atoms. The van der Waals surface area contributed by atoms with Crippen molar-refractivity contribution in [2.45, 2.75) is 23.9 Å². The first-order chi connectivity index (χ1) is 13.1. The monoisotopic (exact) mass is 421 g/mol. The Labute approximate surface area is 169 Å². The predicted octanol–water partition coefficient (Wildman–Crippen LogP) is 4.41. The molecule has 0 saturated heterocycles. The third-order valence-corrected chi connectivity index (χ3v) is 6.48. The number of thioether (sulfide) groups is 1. The number of amides is 1. The number of benzene rings is 1. The van der Waals surface area contributed by atoms with Gasteiger partial charge in [0.2, 0.25) is 11.0 Å². The minimum Gasteiger partial charge on any atom is -0.497 e.